The predicted octanol–water partition coefficient (Wildman–Crippen LogP) is 0.323. The molecule has 0 aromatic heterocycles. The molecule has 6 nitrogen and oxygen atoms in total. The average Bonchev–Trinajstić information content (AvgIpc) is 2.63. The Morgan fingerprint density at radius 2 is 1.83 bits per heavy atom. The summed E-state index contributed by atoms with van der Waals surface area (Å²) in [6, 6.07) is -0.575. The third-order valence-electron chi connectivity index (χ3n) is 3.39. The van der Waals surface area contributed by atoms with Gasteiger partial charge in [0.2, 0.25) is 5.91 Å². The summed E-state index contributed by atoms with van der Waals surface area (Å²) in [5.74, 6) is -1.58. The van der Waals surface area contributed by atoms with Gasteiger partial charge in [0.05, 0.1) is 6.42 Å². The molecule has 0 bridgehead atoms. The molecular formula is C11H19NO5S. The van der Waals surface area contributed by atoms with Gasteiger partial charge in [-0.1, -0.05) is 12.8 Å². The Morgan fingerprint density at radius 1 is 1.33 bits per heavy atom. The van der Waals surface area contributed by atoms with E-state index < -0.39 is 32.5 Å². The SMILES string of the molecule is CC(CC(=O)O)NC(=O)C1(S(C)(=O)=O)CCCC1. The summed E-state index contributed by atoms with van der Waals surface area (Å²) in [6.45, 7) is 1.55. The Hall–Kier alpha value is -1.11. The van der Waals surface area contributed by atoms with E-state index in [-0.39, 0.29) is 6.42 Å². The van der Waals surface area contributed by atoms with Gasteiger partial charge in [0, 0.05) is 12.3 Å². The number of carboxylic acid groups (broad SMARTS) is 1. The lowest BCUT2D eigenvalue weighted by molar-refractivity contribution is -0.137. The highest BCUT2D eigenvalue weighted by atomic mass is 32.2. The summed E-state index contributed by atoms with van der Waals surface area (Å²) in [5, 5.41) is 11.1. The zero-order chi connectivity index (χ0) is 14.0. The van der Waals surface area contributed by atoms with Crippen molar-refractivity contribution in [2.45, 2.75) is 49.8 Å². The molecule has 7 heteroatoms. The lowest BCUT2D eigenvalue weighted by Gasteiger charge is -2.27. The van der Waals surface area contributed by atoms with Crippen molar-refractivity contribution >= 4 is 21.7 Å². The molecule has 0 aromatic carbocycles. The quantitative estimate of drug-likeness (QED) is 0.754. The van der Waals surface area contributed by atoms with Gasteiger partial charge in [0.1, 0.15) is 4.75 Å². The first-order valence-corrected chi connectivity index (χ1v) is 7.80. The molecule has 104 valence electrons. The average molecular weight is 277 g/mol. The standard InChI is InChI=1S/C11H19NO5S/c1-8(7-9(13)14)12-10(15)11(18(2,16)17)5-3-4-6-11/h8H,3-7H2,1-2H3,(H,12,15)(H,13,14). The lowest BCUT2D eigenvalue weighted by Crippen LogP contribution is -2.52. The third-order valence-corrected chi connectivity index (χ3v) is 5.41. The number of carbonyl (C=O) groups excluding carboxylic acids is 1. The van der Waals surface area contributed by atoms with Crippen molar-refractivity contribution in [3.8, 4) is 0 Å². The minimum atomic E-state index is -3.50. The fraction of sp³-hybridized carbons (Fsp3) is 0.818. The fourth-order valence-electron chi connectivity index (χ4n) is 2.38. The molecule has 1 fully saturated rings. The van der Waals surface area contributed by atoms with Crippen LogP contribution in [0, 0.1) is 0 Å². The Labute approximate surface area is 107 Å². The first-order valence-electron chi connectivity index (χ1n) is 5.91. The first kappa shape index (κ1) is 14.9. The Balaban J connectivity index is 2.83. The van der Waals surface area contributed by atoms with Crippen LogP contribution < -0.4 is 5.32 Å². The number of aliphatic carboxylic acids is 1. The second kappa shape index (κ2) is 5.26. The number of hydrogen-bond acceptors (Lipinski definition) is 4. The predicted molar refractivity (Wildman–Crippen MR) is 65.9 cm³/mol. The maximum Gasteiger partial charge on any atom is 0.305 e. The van der Waals surface area contributed by atoms with Crippen LogP contribution in [0.1, 0.15) is 39.0 Å². The summed E-state index contributed by atoms with van der Waals surface area (Å²) in [5.41, 5.74) is 0. The van der Waals surface area contributed by atoms with Gasteiger partial charge in [-0.05, 0) is 19.8 Å². The van der Waals surface area contributed by atoms with Crippen LogP contribution >= 0.6 is 0 Å². The number of rotatable bonds is 5. The summed E-state index contributed by atoms with van der Waals surface area (Å²) in [7, 11) is -3.50. The molecule has 1 atom stereocenters. The van der Waals surface area contributed by atoms with Crippen LogP contribution in [0.4, 0.5) is 0 Å². The number of sulfone groups is 1. The Kier molecular flexibility index (Phi) is 4.37. The Morgan fingerprint density at radius 3 is 2.22 bits per heavy atom. The summed E-state index contributed by atoms with van der Waals surface area (Å²) >= 11 is 0. The van der Waals surface area contributed by atoms with Gasteiger partial charge < -0.3 is 10.4 Å². The van der Waals surface area contributed by atoms with Gasteiger partial charge in [-0.15, -0.1) is 0 Å². The zero-order valence-corrected chi connectivity index (χ0v) is 11.4. The zero-order valence-electron chi connectivity index (χ0n) is 10.6. The number of hydrogen-bond donors (Lipinski definition) is 2. The molecule has 0 aromatic rings. The van der Waals surface area contributed by atoms with E-state index in [0.29, 0.717) is 25.7 Å². The van der Waals surface area contributed by atoms with Crippen molar-refractivity contribution in [1.29, 1.82) is 0 Å². The van der Waals surface area contributed by atoms with Crippen molar-refractivity contribution in [3.05, 3.63) is 0 Å². The minimum Gasteiger partial charge on any atom is -0.481 e. The molecule has 0 spiro atoms. The van der Waals surface area contributed by atoms with Gasteiger partial charge in [0.15, 0.2) is 9.84 Å². The van der Waals surface area contributed by atoms with E-state index in [2.05, 4.69) is 5.32 Å². The summed E-state index contributed by atoms with van der Waals surface area (Å²) in [4.78, 5) is 22.6. The summed E-state index contributed by atoms with van der Waals surface area (Å²) < 4.78 is 22.3. The van der Waals surface area contributed by atoms with E-state index in [1.807, 2.05) is 0 Å². The van der Waals surface area contributed by atoms with Gasteiger partial charge in [-0.3, -0.25) is 9.59 Å². The normalized spacial score (nSPS) is 20.3. The maximum atomic E-state index is 12.1. The molecule has 18 heavy (non-hydrogen) atoms. The maximum absolute atomic E-state index is 12.1. The van der Waals surface area contributed by atoms with E-state index in [1.165, 1.54) is 0 Å². The van der Waals surface area contributed by atoms with Crippen LogP contribution in [0.5, 0.6) is 0 Å². The molecule has 1 aliphatic carbocycles. The van der Waals surface area contributed by atoms with Crippen LogP contribution in [0.25, 0.3) is 0 Å². The molecule has 0 heterocycles. The summed E-state index contributed by atoms with van der Waals surface area (Å²) in [6.07, 6.45) is 2.89. The molecule has 2 N–H and O–H groups in total. The molecule has 1 saturated carbocycles. The third kappa shape index (κ3) is 3.01. The van der Waals surface area contributed by atoms with Gasteiger partial charge in [-0.2, -0.15) is 0 Å². The molecule has 1 aliphatic rings. The highest BCUT2D eigenvalue weighted by Crippen LogP contribution is 2.36. The van der Waals surface area contributed by atoms with Crippen LogP contribution in [0.2, 0.25) is 0 Å². The van der Waals surface area contributed by atoms with Crippen molar-refractivity contribution < 1.29 is 23.1 Å². The van der Waals surface area contributed by atoms with E-state index in [4.69, 9.17) is 5.11 Å². The molecule has 1 unspecified atom stereocenters. The molecule has 0 radical (unpaired) electrons. The number of carboxylic acids is 1. The smallest absolute Gasteiger partial charge is 0.305 e. The molecular weight excluding hydrogens is 258 g/mol. The van der Waals surface area contributed by atoms with Crippen molar-refractivity contribution in [3.63, 3.8) is 0 Å². The number of nitrogens with one attached hydrogen (secondary N) is 1. The second-order valence-corrected chi connectivity index (χ2v) is 7.27. The van der Waals surface area contributed by atoms with Crippen molar-refractivity contribution in [1.82, 2.24) is 5.32 Å². The number of amides is 1. The van der Waals surface area contributed by atoms with Gasteiger partial charge in [0.25, 0.3) is 0 Å². The van der Waals surface area contributed by atoms with Crippen molar-refractivity contribution in [2.75, 3.05) is 6.26 Å². The van der Waals surface area contributed by atoms with E-state index in [1.54, 1.807) is 6.92 Å². The second-order valence-electron chi connectivity index (χ2n) is 4.95. The largest absolute Gasteiger partial charge is 0.481 e. The number of carbonyl (C=O) groups is 2. The van der Waals surface area contributed by atoms with Crippen LogP contribution in [-0.2, 0) is 19.4 Å². The first-order chi connectivity index (χ1) is 8.19. The highest BCUT2D eigenvalue weighted by molar-refractivity contribution is 7.92. The van der Waals surface area contributed by atoms with E-state index in [9.17, 15) is 18.0 Å². The highest BCUT2D eigenvalue weighted by Gasteiger charge is 2.50. The molecule has 0 aliphatic heterocycles. The Bertz CT molecular complexity index is 436. The van der Waals surface area contributed by atoms with Crippen LogP contribution in [0.3, 0.4) is 0 Å². The lowest BCUT2D eigenvalue weighted by atomic mass is 10.1. The monoisotopic (exact) mass is 277 g/mol. The van der Waals surface area contributed by atoms with Gasteiger partial charge >= 0.3 is 5.97 Å². The van der Waals surface area contributed by atoms with Crippen molar-refractivity contribution in [2.24, 2.45) is 0 Å². The fourth-order valence-corrected chi connectivity index (χ4v) is 3.81. The molecule has 0 saturated heterocycles. The molecule has 1 rings (SSSR count). The van der Waals surface area contributed by atoms with Crippen LogP contribution in [0.15, 0.2) is 0 Å². The van der Waals surface area contributed by atoms with Crippen LogP contribution in [-0.4, -0.2) is 42.4 Å². The van der Waals surface area contributed by atoms with E-state index >= 15 is 0 Å². The minimum absolute atomic E-state index is 0.217. The topological polar surface area (TPSA) is 101 Å². The molecule has 1 amide bonds. The van der Waals surface area contributed by atoms with Gasteiger partial charge in [-0.25, -0.2) is 8.42 Å². The van der Waals surface area contributed by atoms with E-state index in [0.717, 1.165) is 6.26 Å².